The first-order valence-corrected chi connectivity index (χ1v) is 6.91. The molecular weight excluding hydrogens is 240 g/mol. The summed E-state index contributed by atoms with van der Waals surface area (Å²) in [5, 5.41) is 2.91. The number of anilines is 1. The van der Waals surface area contributed by atoms with E-state index in [1.807, 2.05) is 25.1 Å². The predicted molar refractivity (Wildman–Crippen MR) is 74.8 cm³/mol. The van der Waals surface area contributed by atoms with E-state index in [4.69, 9.17) is 0 Å². The van der Waals surface area contributed by atoms with Gasteiger partial charge in [0.2, 0.25) is 5.91 Å². The van der Waals surface area contributed by atoms with E-state index in [1.54, 1.807) is 6.20 Å². The predicted octanol–water partition coefficient (Wildman–Crippen LogP) is 1.74. The summed E-state index contributed by atoms with van der Waals surface area (Å²) in [5.74, 6) is 2.21. The number of hydrogen-bond donors (Lipinski definition) is 1. The van der Waals surface area contributed by atoms with Crippen LogP contribution in [0.25, 0.3) is 0 Å². The number of hydrogen-bond acceptors (Lipinski definition) is 4. The number of carbonyl (C=O) groups is 1. The third-order valence-electron chi connectivity index (χ3n) is 3.54. The average molecular weight is 262 g/mol. The van der Waals surface area contributed by atoms with Crippen LogP contribution in [0.5, 0.6) is 0 Å². The van der Waals surface area contributed by atoms with Gasteiger partial charge in [0, 0.05) is 26.7 Å². The van der Waals surface area contributed by atoms with Crippen molar-refractivity contribution in [3.63, 3.8) is 0 Å². The van der Waals surface area contributed by atoms with Crippen molar-refractivity contribution in [2.45, 2.75) is 38.6 Å². The molecule has 1 aromatic heterocycles. The molecule has 1 heterocycles. The van der Waals surface area contributed by atoms with Crippen molar-refractivity contribution >= 4 is 11.7 Å². The molecule has 1 saturated carbocycles. The van der Waals surface area contributed by atoms with Crippen molar-refractivity contribution in [1.82, 2.24) is 15.3 Å². The van der Waals surface area contributed by atoms with Crippen molar-refractivity contribution in [1.29, 1.82) is 0 Å². The van der Waals surface area contributed by atoms with Crippen molar-refractivity contribution < 1.29 is 4.79 Å². The molecule has 2 rings (SSSR count). The molecule has 0 saturated heterocycles. The summed E-state index contributed by atoms with van der Waals surface area (Å²) < 4.78 is 0. The number of nitrogens with zero attached hydrogens (tertiary/aromatic N) is 3. The Morgan fingerprint density at radius 2 is 2.16 bits per heavy atom. The van der Waals surface area contributed by atoms with Gasteiger partial charge in [0.15, 0.2) is 0 Å². The van der Waals surface area contributed by atoms with E-state index in [2.05, 4.69) is 15.3 Å². The monoisotopic (exact) mass is 262 g/mol. The number of aromatic nitrogens is 2. The fraction of sp³-hybridized carbons (Fsp3) is 0.643. The minimum Gasteiger partial charge on any atom is -0.363 e. The normalized spacial score (nSPS) is 15.5. The minimum atomic E-state index is 0.116. The van der Waals surface area contributed by atoms with Crippen LogP contribution in [-0.2, 0) is 11.3 Å². The maximum Gasteiger partial charge on any atom is 0.220 e. The van der Waals surface area contributed by atoms with Crippen LogP contribution in [-0.4, -0.2) is 30.0 Å². The van der Waals surface area contributed by atoms with Gasteiger partial charge < -0.3 is 10.2 Å². The first-order valence-electron chi connectivity index (χ1n) is 6.91. The van der Waals surface area contributed by atoms with Crippen LogP contribution in [0.15, 0.2) is 12.3 Å². The van der Waals surface area contributed by atoms with Crippen molar-refractivity contribution in [3.8, 4) is 0 Å². The molecule has 1 amide bonds. The second-order valence-corrected chi connectivity index (χ2v) is 5.36. The van der Waals surface area contributed by atoms with Crippen molar-refractivity contribution in [2.24, 2.45) is 5.92 Å². The van der Waals surface area contributed by atoms with E-state index in [9.17, 15) is 4.79 Å². The van der Waals surface area contributed by atoms with Crippen LogP contribution in [0.4, 0.5) is 5.82 Å². The second-order valence-electron chi connectivity index (χ2n) is 5.36. The number of carbonyl (C=O) groups excluding carboxylic acids is 1. The van der Waals surface area contributed by atoms with Gasteiger partial charge in [-0.05, 0) is 24.8 Å². The maximum absolute atomic E-state index is 11.8. The SMILES string of the molecule is CN(C)c1ccnc(CNC(=O)CC2CCCC2)n1. The first kappa shape index (κ1) is 13.8. The van der Waals surface area contributed by atoms with Gasteiger partial charge in [-0.1, -0.05) is 12.8 Å². The molecule has 0 aliphatic heterocycles. The number of rotatable bonds is 5. The maximum atomic E-state index is 11.8. The lowest BCUT2D eigenvalue weighted by atomic mass is 10.0. The van der Waals surface area contributed by atoms with Crippen molar-refractivity contribution in [3.05, 3.63) is 18.1 Å². The van der Waals surface area contributed by atoms with Crippen LogP contribution in [0.3, 0.4) is 0 Å². The molecule has 0 spiro atoms. The highest BCUT2D eigenvalue weighted by molar-refractivity contribution is 5.76. The molecule has 1 aliphatic rings. The molecule has 1 aromatic rings. The van der Waals surface area contributed by atoms with E-state index in [1.165, 1.54) is 25.7 Å². The summed E-state index contributed by atoms with van der Waals surface area (Å²) in [5.41, 5.74) is 0. The fourth-order valence-corrected chi connectivity index (χ4v) is 2.45. The molecule has 104 valence electrons. The number of amides is 1. The Labute approximate surface area is 114 Å². The smallest absolute Gasteiger partial charge is 0.220 e. The van der Waals surface area contributed by atoms with Crippen LogP contribution >= 0.6 is 0 Å². The van der Waals surface area contributed by atoms with E-state index in [-0.39, 0.29) is 5.91 Å². The van der Waals surface area contributed by atoms with Gasteiger partial charge in [-0.25, -0.2) is 9.97 Å². The fourth-order valence-electron chi connectivity index (χ4n) is 2.45. The lowest BCUT2D eigenvalue weighted by Crippen LogP contribution is -2.25. The van der Waals surface area contributed by atoms with Gasteiger partial charge in [0.05, 0.1) is 6.54 Å². The molecule has 0 aromatic carbocycles. The molecule has 0 radical (unpaired) electrons. The lowest BCUT2D eigenvalue weighted by molar-refractivity contribution is -0.122. The zero-order chi connectivity index (χ0) is 13.7. The van der Waals surface area contributed by atoms with Gasteiger partial charge in [0.1, 0.15) is 11.6 Å². The molecule has 19 heavy (non-hydrogen) atoms. The van der Waals surface area contributed by atoms with Gasteiger partial charge in [-0.15, -0.1) is 0 Å². The molecule has 0 atom stereocenters. The minimum absolute atomic E-state index is 0.116. The molecule has 0 unspecified atom stereocenters. The van der Waals surface area contributed by atoms with Gasteiger partial charge in [0.25, 0.3) is 0 Å². The highest BCUT2D eigenvalue weighted by Gasteiger charge is 2.18. The largest absolute Gasteiger partial charge is 0.363 e. The van der Waals surface area contributed by atoms with Crippen molar-refractivity contribution in [2.75, 3.05) is 19.0 Å². The Hall–Kier alpha value is -1.65. The Bertz CT molecular complexity index is 427. The quantitative estimate of drug-likeness (QED) is 0.878. The Kier molecular flexibility index (Phi) is 4.71. The summed E-state index contributed by atoms with van der Waals surface area (Å²) in [6.07, 6.45) is 7.30. The average Bonchev–Trinajstić information content (AvgIpc) is 2.89. The molecule has 1 aliphatic carbocycles. The molecule has 1 N–H and O–H groups in total. The van der Waals surface area contributed by atoms with Crippen LogP contribution in [0.2, 0.25) is 0 Å². The zero-order valence-corrected chi connectivity index (χ0v) is 11.7. The summed E-state index contributed by atoms with van der Waals surface area (Å²) in [7, 11) is 3.87. The van der Waals surface area contributed by atoms with E-state index < -0.39 is 0 Å². The van der Waals surface area contributed by atoms with Gasteiger partial charge in [-0.2, -0.15) is 0 Å². The third-order valence-corrected chi connectivity index (χ3v) is 3.54. The lowest BCUT2D eigenvalue weighted by Gasteiger charge is -2.12. The summed E-state index contributed by atoms with van der Waals surface area (Å²) in [6.45, 7) is 0.410. The highest BCUT2D eigenvalue weighted by Crippen LogP contribution is 2.27. The van der Waals surface area contributed by atoms with Crippen LogP contribution < -0.4 is 10.2 Å². The first-order chi connectivity index (χ1) is 9.15. The zero-order valence-electron chi connectivity index (χ0n) is 11.7. The Morgan fingerprint density at radius 1 is 1.42 bits per heavy atom. The molecule has 0 bridgehead atoms. The summed E-state index contributed by atoms with van der Waals surface area (Å²) >= 11 is 0. The molecular formula is C14H22N4O. The summed E-state index contributed by atoms with van der Waals surface area (Å²) in [4.78, 5) is 22.3. The van der Waals surface area contributed by atoms with E-state index in [0.717, 1.165) is 5.82 Å². The highest BCUT2D eigenvalue weighted by atomic mass is 16.1. The van der Waals surface area contributed by atoms with Crippen LogP contribution in [0, 0.1) is 5.92 Å². The topological polar surface area (TPSA) is 58.1 Å². The Balaban J connectivity index is 1.80. The molecule has 5 nitrogen and oxygen atoms in total. The Morgan fingerprint density at radius 3 is 2.84 bits per heavy atom. The van der Waals surface area contributed by atoms with Gasteiger partial charge in [-0.3, -0.25) is 4.79 Å². The molecule has 1 fully saturated rings. The van der Waals surface area contributed by atoms with Gasteiger partial charge >= 0.3 is 0 Å². The van der Waals surface area contributed by atoms with E-state index >= 15 is 0 Å². The second kappa shape index (κ2) is 6.50. The standard InChI is InChI=1S/C14H22N4O/c1-18(2)13-7-8-15-12(17-13)10-16-14(19)9-11-5-3-4-6-11/h7-8,11H,3-6,9-10H2,1-2H3,(H,16,19). The van der Waals surface area contributed by atoms with Crippen LogP contribution in [0.1, 0.15) is 37.9 Å². The number of nitrogens with one attached hydrogen (secondary N) is 1. The third kappa shape index (κ3) is 4.19. The van der Waals surface area contributed by atoms with E-state index in [0.29, 0.717) is 24.7 Å². The molecule has 5 heteroatoms. The summed E-state index contributed by atoms with van der Waals surface area (Å²) in [6, 6.07) is 1.85.